The molecule has 1 fully saturated rings. The summed E-state index contributed by atoms with van der Waals surface area (Å²) in [4.78, 5) is 27.8. The first-order valence-electron chi connectivity index (χ1n) is 10.2. The molecule has 8 heteroatoms. The van der Waals surface area contributed by atoms with Crippen LogP contribution in [0.25, 0.3) is 5.76 Å². The number of anilines is 1. The van der Waals surface area contributed by atoms with Crippen molar-refractivity contribution in [2.75, 3.05) is 18.1 Å². The van der Waals surface area contributed by atoms with Crippen LogP contribution in [-0.4, -0.2) is 30.0 Å². The Kier molecular flexibility index (Phi) is 5.48. The number of hydrogen-bond donors (Lipinski definition) is 1. The topological polar surface area (TPSA) is 76.1 Å². The standard InChI is InChI=1S/C25H17Cl2NO5/c26-15-7-5-14(6-8-15)22-21(23(29)17-3-1-2-4-18(17)27)24(30)25(31)28(22)16-9-10-19-20(13-16)33-12-11-32-19/h1-10,13,22,29H,11-12H2/b23-21-. The van der Waals surface area contributed by atoms with E-state index in [0.29, 0.717) is 41.0 Å². The van der Waals surface area contributed by atoms with Crippen molar-refractivity contribution in [3.8, 4) is 11.5 Å². The number of benzene rings is 3. The van der Waals surface area contributed by atoms with Crippen molar-refractivity contribution in [1.82, 2.24) is 0 Å². The van der Waals surface area contributed by atoms with Crippen molar-refractivity contribution in [3.05, 3.63) is 93.5 Å². The van der Waals surface area contributed by atoms with Gasteiger partial charge in [-0.2, -0.15) is 0 Å². The molecule has 0 aromatic heterocycles. The van der Waals surface area contributed by atoms with E-state index in [2.05, 4.69) is 0 Å². The number of ketones is 1. The van der Waals surface area contributed by atoms with Crippen molar-refractivity contribution >= 4 is 46.3 Å². The van der Waals surface area contributed by atoms with Crippen LogP contribution in [0.2, 0.25) is 10.0 Å². The SMILES string of the molecule is O=C1C(=O)N(c2ccc3c(c2)OCCO3)C(c2ccc(Cl)cc2)/C1=C(/O)c1ccccc1Cl. The van der Waals surface area contributed by atoms with Crippen LogP contribution in [0.1, 0.15) is 17.2 Å². The maximum atomic E-state index is 13.3. The van der Waals surface area contributed by atoms with Crippen LogP contribution < -0.4 is 14.4 Å². The molecule has 1 atom stereocenters. The van der Waals surface area contributed by atoms with Gasteiger partial charge in [0.25, 0.3) is 11.7 Å². The monoisotopic (exact) mass is 481 g/mol. The molecular formula is C25H17Cl2NO5. The zero-order valence-electron chi connectivity index (χ0n) is 17.1. The van der Waals surface area contributed by atoms with Gasteiger partial charge >= 0.3 is 0 Å². The van der Waals surface area contributed by atoms with Crippen LogP contribution in [0.4, 0.5) is 5.69 Å². The molecule has 0 aliphatic carbocycles. The molecule has 1 N–H and O–H groups in total. The summed E-state index contributed by atoms with van der Waals surface area (Å²) < 4.78 is 11.2. The summed E-state index contributed by atoms with van der Waals surface area (Å²) in [5, 5.41) is 11.9. The number of nitrogens with zero attached hydrogens (tertiary/aromatic N) is 1. The summed E-state index contributed by atoms with van der Waals surface area (Å²) in [6, 6.07) is 17.5. The van der Waals surface area contributed by atoms with Gasteiger partial charge in [-0.05, 0) is 42.0 Å². The molecule has 6 nitrogen and oxygen atoms in total. The third-order valence-electron chi connectivity index (χ3n) is 5.56. The van der Waals surface area contributed by atoms with E-state index in [4.69, 9.17) is 32.7 Å². The van der Waals surface area contributed by atoms with E-state index >= 15 is 0 Å². The fourth-order valence-electron chi connectivity index (χ4n) is 4.04. The van der Waals surface area contributed by atoms with Gasteiger partial charge in [0.1, 0.15) is 19.0 Å². The van der Waals surface area contributed by atoms with E-state index in [1.54, 1.807) is 66.7 Å². The maximum absolute atomic E-state index is 13.3. The lowest BCUT2D eigenvalue weighted by Crippen LogP contribution is -2.29. The van der Waals surface area contributed by atoms with Crippen LogP contribution in [0, 0.1) is 0 Å². The number of ether oxygens (including phenoxy) is 2. The van der Waals surface area contributed by atoms with E-state index < -0.39 is 17.7 Å². The highest BCUT2D eigenvalue weighted by atomic mass is 35.5. The smallest absolute Gasteiger partial charge is 0.300 e. The molecule has 3 aromatic rings. The second-order valence-corrected chi connectivity index (χ2v) is 8.37. The predicted molar refractivity (Wildman–Crippen MR) is 125 cm³/mol. The van der Waals surface area contributed by atoms with Gasteiger partial charge in [0.15, 0.2) is 11.5 Å². The molecule has 2 aliphatic rings. The zero-order valence-corrected chi connectivity index (χ0v) is 18.6. The van der Waals surface area contributed by atoms with Crippen LogP contribution in [0.5, 0.6) is 11.5 Å². The number of halogens is 2. The maximum Gasteiger partial charge on any atom is 0.300 e. The van der Waals surface area contributed by atoms with E-state index in [9.17, 15) is 14.7 Å². The number of fused-ring (bicyclic) bond motifs is 1. The number of carbonyl (C=O) groups is 2. The highest BCUT2D eigenvalue weighted by Crippen LogP contribution is 2.45. The first kappa shape index (κ1) is 21.4. The fourth-order valence-corrected chi connectivity index (χ4v) is 4.39. The second-order valence-electron chi connectivity index (χ2n) is 7.53. The zero-order chi connectivity index (χ0) is 23.1. The molecule has 1 saturated heterocycles. The predicted octanol–water partition coefficient (Wildman–Crippen LogP) is 5.39. The van der Waals surface area contributed by atoms with Gasteiger partial charge in [-0.3, -0.25) is 14.5 Å². The normalized spacial score (nSPS) is 19.1. The quantitative estimate of drug-likeness (QED) is 0.308. The Morgan fingerprint density at radius 1 is 0.909 bits per heavy atom. The van der Waals surface area contributed by atoms with Crippen molar-refractivity contribution < 1.29 is 24.2 Å². The summed E-state index contributed by atoms with van der Waals surface area (Å²) in [7, 11) is 0. The molecule has 0 radical (unpaired) electrons. The van der Waals surface area contributed by atoms with Gasteiger partial charge in [-0.15, -0.1) is 0 Å². The average molecular weight is 482 g/mol. The Morgan fingerprint density at radius 3 is 2.33 bits per heavy atom. The van der Waals surface area contributed by atoms with E-state index in [0.717, 1.165) is 0 Å². The summed E-state index contributed by atoms with van der Waals surface area (Å²) in [5.74, 6) is -0.913. The van der Waals surface area contributed by atoms with Gasteiger partial charge in [-0.1, -0.05) is 47.5 Å². The summed E-state index contributed by atoms with van der Waals surface area (Å²) in [5.41, 5.74) is 1.23. The second kappa shape index (κ2) is 8.46. The Hall–Kier alpha value is -3.48. The third kappa shape index (κ3) is 3.71. The first-order valence-corrected chi connectivity index (χ1v) is 10.9. The van der Waals surface area contributed by atoms with Crippen molar-refractivity contribution in [1.29, 1.82) is 0 Å². The molecule has 1 amide bonds. The molecule has 3 aromatic carbocycles. The van der Waals surface area contributed by atoms with E-state index in [1.165, 1.54) is 4.90 Å². The Balaban J connectivity index is 1.71. The number of amides is 1. The molecule has 0 spiro atoms. The van der Waals surface area contributed by atoms with Gasteiger partial charge < -0.3 is 14.6 Å². The average Bonchev–Trinajstić information content (AvgIpc) is 3.09. The molecule has 0 saturated carbocycles. The number of Topliss-reactive ketones (excluding diaryl/α,β-unsaturated/α-hetero) is 1. The number of aliphatic hydroxyl groups is 1. The number of aliphatic hydroxyl groups excluding tert-OH is 1. The molecule has 166 valence electrons. The third-order valence-corrected chi connectivity index (χ3v) is 6.14. The van der Waals surface area contributed by atoms with Gasteiger partial charge in [0, 0.05) is 22.3 Å². The Bertz CT molecular complexity index is 1300. The molecule has 0 bridgehead atoms. The van der Waals surface area contributed by atoms with Crippen LogP contribution in [0.3, 0.4) is 0 Å². The molecule has 1 unspecified atom stereocenters. The van der Waals surface area contributed by atoms with Crippen LogP contribution in [-0.2, 0) is 9.59 Å². The van der Waals surface area contributed by atoms with Crippen molar-refractivity contribution in [2.45, 2.75) is 6.04 Å². The van der Waals surface area contributed by atoms with Gasteiger partial charge in [0.05, 0.1) is 16.6 Å². The lowest BCUT2D eigenvalue weighted by molar-refractivity contribution is -0.132. The minimum atomic E-state index is -0.902. The first-order chi connectivity index (χ1) is 16.0. The minimum Gasteiger partial charge on any atom is -0.507 e. The van der Waals surface area contributed by atoms with E-state index in [-0.39, 0.29) is 21.9 Å². The lowest BCUT2D eigenvalue weighted by atomic mass is 9.95. The summed E-state index contributed by atoms with van der Waals surface area (Å²) in [6.07, 6.45) is 0. The molecule has 2 heterocycles. The Labute approximate surface area is 199 Å². The largest absolute Gasteiger partial charge is 0.507 e. The van der Waals surface area contributed by atoms with E-state index in [1.807, 2.05) is 0 Å². The Morgan fingerprint density at radius 2 is 1.61 bits per heavy atom. The van der Waals surface area contributed by atoms with Gasteiger partial charge in [0.2, 0.25) is 0 Å². The van der Waals surface area contributed by atoms with Crippen molar-refractivity contribution in [2.24, 2.45) is 0 Å². The van der Waals surface area contributed by atoms with Crippen LogP contribution in [0.15, 0.2) is 72.3 Å². The molecule has 2 aliphatic heterocycles. The summed E-state index contributed by atoms with van der Waals surface area (Å²) in [6.45, 7) is 0.807. The number of hydrogen-bond acceptors (Lipinski definition) is 5. The highest BCUT2D eigenvalue weighted by Gasteiger charge is 2.47. The van der Waals surface area contributed by atoms with Crippen LogP contribution >= 0.6 is 23.2 Å². The fraction of sp³-hybridized carbons (Fsp3) is 0.120. The number of rotatable bonds is 3. The minimum absolute atomic E-state index is 0.0645. The highest BCUT2D eigenvalue weighted by molar-refractivity contribution is 6.52. The number of carbonyl (C=O) groups excluding carboxylic acids is 2. The molecule has 33 heavy (non-hydrogen) atoms. The lowest BCUT2D eigenvalue weighted by Gasteiger charge is -2.27. The van der Waals surface area contributed by atoms with Crippen molar-refractivity contribution in [3.63, 3.8) is 0 Å². The molecule has 5 rings (SSSR count). The summed E-state index contributed by atoms with van der Waals surface area (Å²) >= 11 is 12.3. The molecular weight excluding hydrogens is 465 g/mol. The van der Waals surface area contributed by atoms with Gasteiger partial charge in [-0.25, -0.2) is 0 Å².